The van der Waals surface area contributed by atoms with Gasteiger partial charge in [-0.1, -0.05) is 0 Å². The van der Waals surface area contributed by atoms with Gasteiger partial charge in [0.15, 0.2) is 0 Å². The van der Waals surface area contributed by atoms with Gasteiger partial charge in [0.25, 0.3) is 0 Å². The normalized spacial score (nSPS) is 20.1. The highest BCUT2D eigenvalue weighted by molar-refractivity contribution is 7.99. The largest absolute Gasteiger partial charge is 0.377 e. The number of hydrogen-bond donors (Lipinski definition) is 0. The van der Waals surface area contributed by atoms with Crippen LogP contribution < -0.4 is 0 Å². The molecule has 106 valence electrons. The van der Waals surface area contributed by atoms with Crippen molar-refractivity contribution < 1.29 is 13.2 Å². The van der Waals surface area contributed by atoms with Gasteiger partial charge in [-0.15, -0.1) is 11.8 Å². The van der Waals surface area contributed by atoms with E-state index < -0.39 is 10.0 Å². The van der Waals surface area contributed by atoms with E-state index in [1.54, 1.807) is 23.9 Å². The Labute approximate surface area is 118 Å². The van der Waals surface area contributed by atoms with Gasteiger partial charge in [-0.2, -0.15) is 0 Å². The molecule has 2 rings (SSSR count). The zero-order chi connectivity index (χ0) is 13.9. The van der Waals surface area contributed by atoms with E-state index in [9.17, 15) is 8.42 Å². The summed E-state index contributed by atoms with van der Waals surface area (Å²) in [6, 6.07) is 3.34. The minimum Gasteiger partial charge on any atom is -0.377 e. The number of pyridine rings is 1. The molecule has 1 fully saturated rings. The number of rotatable bonds is 5. The fourth-order valence-electron chi connectivity index (χ4n) is 1.77. The minimum absolute atomic E-state index is 0.221. The highest BCUT2D eigenvalue weighted by Gasteiger charge is 2.18. The average molecular weight is 302 g/mol. The van der Waals surface area contributed by atoms with Gasteiger partial charge < -0.3 is 4.74 Å². The summed E-state index contributed by atoms with van der Waals surface area (Å²) >= 11 is 1.60. The van der Waals surface area contributed by atoms with Crippen molar-refractivity contribution in [2.24, 2.45) is 0 Å². The van der Waals surface area contributed by atoms with Crippen LogP contribution in [0.15, 0.2) is 28.3 Å². The Hall–Kier alpha value is -0.630. The molecule has 7 heteroatoms. The summed E-state index contributed by atoms with van der Waals surface area (Å²) in [7, 11) is -0.369. The van der Waals surface area contributed by atoms with Gasteiger partial charge in [0.2, 0.25) is 10.0 Å². The van der Waals surface area contributed by atoms with E-state index in [1.807, 2.05) is 0 Å². The van der Waals surface area contributed by atoms with Crippen LogP contribution in [0.25, 0.3) is 0 Å². The van der Waals surface area contributed by atoms with Gasteiger partial charge in [-0.3, -0.25) is 0 Å². The molecule has 0 aromatic carbocycles. The molecule has 0 aliphatic carbocycles. The highest BCUT2D eigenvalue weighted by atomic mass is 32.2. The Kier molecular flexibility index (Phi) is 4.83. The molecule has 0 radical (unpaired) electrons. The lowest BCUT2D eigenvalue weighted by atomic mass is 10.3. The van der Waals surface area contributed by atoms with Crippen LogP contribution >= 0.6 is 11.8 Å². The minimum atomic E-state index is -3.39. The molecule has 1 aliphatic rings. The quantitative estimate of drug-likeness (QED) is 0.773. The Morgan fingerprint density at radius 3 is 2.79 bits per heavy atom. The van der Waals surface area contributed by atoms with Crippen molar-refractivity contribution in [3.8, 4) is 0 Å². The molecule has 1 saturated heterocycles. The van der Waals surface area contributed by atoms with Crippen LogP contribution in [-0.2, 0) is 14.8 Å². The van der Waals surface area contributed by atoms with Crippen LogP contribution in [-0.4, -0.2) is 50.3 Å². The third kappa shape index (κ3) is 3.68. The maximum absolute atomic E-state index is 11.9. The van der Waals surface area contributed by atoms with Crippen molar-refractivity contribution in [3.05, 3.63) is 18.3 Å². The van der Waals surface area contributed by atoms with Crippen molar-refractivity contribution in [3.63, 3.8) is 0 Å². The topological polar surface area (TPSA) is 59.5 Å². The number of hydrogen-bond acceptors (Lipinski definition) is 5. The van der Waals surface area contributed by atoms with Gasteiger partial charge in [0.05, 0.1) is 11.1 Å². The number of sulfonamides is 1. The molecule has 1 atom stereocenters. The molecular formula is C12H18N2O3S2. The molecule has 0 bridgehead atoms. The Bertz CT molecular complexity index is 508. The van der Waals surface area contributed by atoms with Gasteiger partial charge in [0, 0.05) is 32.7 Å². The van der Waals surface area contributed by atoms with Crippen molar-refractivity contribution in [2.75, 3.05) is 26.5 Å². The summed E-state index contributed by atoms with van der Waals surface area (Å²) in [5.74, 6) is 0.868. The lowest BCUT2D eigenvalue weighted by Gasteiger charge is -2.11. The number of aromatic nitrogens is 1. The lowest BCUT2D eigenvalue weighted by Crippen LogP contribution is -2.22. The van der Waals surface area contributed by atoms with Crippen LogP contribution in [0.3, 0.4) is 0 Å². The molecule has 1 unspecified atom stereocenters. The maximum Gasteiger partial charge on any atom is 0.244 e. The molecular weight excluding hydrogens is 284 g/mol. The first kappa shape index (κ1) is 14.8. The van der Waals surface area contributed by atoms with E-state index in [4.69, 9.17) is 4.74 Å². The molecule has 0 saturated carbocycles. The summed E-state index contributed by atoms with van der Waals surface area (Å²) < 4.78 is 30.5. The van der Waals surface area contributed by atoms with E-state index in [1.165, 1.54) is 24.6 Å². The molecule has 1 aliphatic heterocycles. The van der Waals surface area contributed by atoms with Crippen LogP contribution in [0.5, 0.6) is 0 Å². The first-order valence-corrected chi connectivity index (χ1v) is 8.55. The number of thioether (sulfide) groups is 1. The predicted octanol–water partition coefficient (Wildman–Crippen LogP) is 1.60. The number of ether oxygens (including phenoxy) is 1. The molecule has 0 spiro atoms. The van der Waals surface area contributed by atoms with Gasteiger partial charge >= 0.3 is 0 Å². The second kappa shape index (κ2) is 6.21. The Morgan fingerprint density at radius 2 is 2.26 bits per heavy atom. The van der Waals surface area contributed by atoms with E-state index in [0.29, 0.717) is 6.10 Å². The molecule has 0 amide bonds. The molecule has 5 nitrogen and oxygen atoms in total. The fraction of sp³-hybridized carbons (Fsp3) is 0.583. The summed E-state index contributed by atoms with van der Waals surface area (Å²) in [6.45, 7) is 0.846. The monoisotopic (exact) mass is 302 g/mol. The number of nitrogens with zero attached hydrogens (tertiary/aromatic N) is 2. The van der Waals surface area contributed by atoms with E-state index in [-0.39, 0.29) is 4.90 Å². The van der Waals surface area contributed by atoms with Crippen molar-refractivity contribution in [1.82, 2.24) is 9.29 Å². The van der Waals surface area contributed by atoms with Gasteiger partial charge in [-0.25, -0.2) is 17.7 Å². The van der Waals surface area contributed by atoms with Crippen LogP contribution in [0.4, 0.5) is 0 Å². The first-order chi connectivity index (χ1) is 9.00. The van der Waals surface area contributed by atoms with Crippen molar-refractivity contribution in [1.29, 1.82) is 0 Å². The summed E-state index contributed by atoms with van der Waals surface area (Å²) in [5.41, 5.74) is 0. The standard InChI is InChI=1S/C12H18N2O3S2/c1-14(2)19(15,16)11-5-6-12(13-8-11)18-9-10-4-3-7-17-10/h5-6,8,10H,3-4,7,9H2,1-2H3. The first-order valence-electron chi connectivity index (χ1n) is 6.13. The molecule has 1 aromatic heterocycles. The van der Waals surface area contributed by atoms with Crippen LogP contribution in [0.2, 0.25) is 0 Å². The lowest BCUT2D eigenvalue weighted by molar-refractivity contribution is 0.129. The Morgan fingerprint density at radius 1 is 1.47 bits per heavy atom. The fourth-order valence-corrected chi connectivity index (χ4v) is 3.53. The van der Waals surface area contributed by atoms with E-state index in [2.05, 4.69) is 4.98 Å². The molecule has 19 heavy (non-hydrogen) atoms. The van der Waals surface area contributed by atoms with Gasteiger partial charge in [-0.05, 0) is 25.0 Å². The molecule has 1 aromatic rings. The maximum atomic E-state index is 11.9. The third-order valence-electron chi connectivity index (χ3n) is 2.93. The Balaban J connectivity index is 1.98. The SMILES string of the molecule is CN(C)S(=O)(=O)c1ccc(SCC2CCCO2)nc1. The smallest absolute Gasteiger partial charge is 0.244 e. The highest BCUT2D eigenvalue weighted by Crippen LogP contribution is 2.23. The summed E-state index contributed by atoms with van der Waals surface area (Å²) in [5, 5.41) is 0.827. The second-order valence-electron chi connectivity index (χ2n) is 4.57. The second-order valence-corrected chi connectivity index (χ2v) is 7.76. The predicted molar refractivity (Wildman–Crippen MR) is 74.8 cm³/mol. The van der Waals surface area contributed by atoms with Gasteiger partial charge in [0.1, 0.15) is 4.90 Å². The average Bonchev–Trinajstić information content (AvgIpc) is 2.90. The van der Waals surface area contributed by atoms with E-state index in [0.717, 1.165) is 30.2 Å². The third-order valence-corrected chi connectivity index (χ3v) is 5.80. The van der Waals surface area contributed by atoms with Crippen LogP contribution in [0.1, 0.15) is 12.8 Å². The molecule has 2 heterocycles. The van der Waals surface area contributed by atoms with Crippen molar-refractivity contribution in [2.45, 2.75) is 28.9 Å². The van der Waals surface area contributed by atoms with E-state index >= 15 is 0 Å². The van der Waals surface area contributed by atoms with Crippen LogP contribution in [0, 0.1) is 0 Å². The zero-order valence-electron chi connectivity index (χ0n) is 11.1. The molecule has 0 N–H and O–H groups in total. The summed E-state index contributed by atoms with van der Waals surface area (Å²) in [6.07, 6.45) is 3.93. The summed E-state index contributed by atoms with van der Waals surface area (Å²) in [4.78, 5) is 4.41. The van der Waals surface area contributed by atoms with Crippen molar-refractivity contribution >= 4 is 21.8 Å². The zero-order valence-corrected chi connectivity index (χ0v) is 12.7.